The Kier molecular flexibility index (Phi) is 5.25. The van der Waals surface area contributed by atoms with Gasteiger partial charge >= 0.3 is 0 Å². The quantitative estimate of drug-likeness (QED) is 0.845. The summed E-state index contributed by atoms with van der Waals surface area (Å²) in [6.45, 7) is 0.911. The van der Waals surface area contributed by atoms with E-state index in [9.17, 15) is 0 Å². The summed E-state index contributed by atoms with van der Waals surface area (Å²) in [6, 6.07) is 10.9. The largest absolute Gasteiger partial charge is 0.375 e. The Bertz CT molecular complexity index is 425. The maximum Gasteiger partial charge on any atom is 0.0685 e. The molecular weight excluding hydrogens is 278 g/mol. The van der Waals surface area contributed by atoms with E-state index >= 15 is 0 Å². The summed E-state index contributed by atoms with van der Waals surface area (Å²) in [6.07, 6.45) is 8.87. The van der Waals surface area contributed by atoms with Gasteiger partial charge in [-0.3, -0.25) is 0 Å². The molecule has 2 N–H and O–H groups in total. The molecule has 1 heterocycles. The molecule has 21 heavy (non-hydrogen) atoms. The Morgan fingerprint density at radius 3 is 2.71 bits per heavy atom. The van der Waals surface area contributed by atoms with Crippen molar-refractivity contribution in [2.24, 2.45) is 11.7 Å². The van der Waals surface area contributed by atoms with Crippen molar-refractivity contribution in [3.63, 3.8) is 0 Å². The number of thioether (sulfide) groups is 1. The molecule has 1 saturated carbocycles. The minimum Gasteiger partial charge on any atom is -0.375 e. The second-order valence-corrected chi connectivity index (χ2v) is 7.73. The molecule has 0 radical (unpaired) electrons. The first-order valence-electron chi connectivity index (χ1n) is 8.35. The Balaban J connectivity index is 1.53. The van der Waals surface area contributed by atoms with Gasteiger partial charge < -0.3 is 10.5 Å². The summed E-state index contributed by atoms with van der Waals surface area (Å²) >= 11 is 1.89. The van der Waals surface area contributed by atoms with Crippen LogP contribution in [0.3, 0.4) is 0 Å². The first-order valence-corrected chi connectivity index (χ1v) is 9.33. The van der Waals surface area contributed by atoms with Gasteiger partial charge in [-0.1, -0.05) is 37.5 Å². The minimum atomic E-state index is 0.177. The van der Waals surface area contributed by atoms with Crippen molar-refractivity contribution >= 4 is 11.8 Å². The van der Waals surface area contributed by atoms with E-state index in [2.05, 4.69) is 30.3 Å². The number of nitrogens with two attached hydrogens (primary N) is 1. The number of ether oxygens (including phenoxy) is 1. The molecule has 0 bridgehead atoms. The summed E-state index contributed by atoms with van der Waals surface area (Å²) in [7, 11) is 0. The summed E-state index contributed by atoms with van der Waals surface area (Å²) in [5.41, 5.74) is 6.69. The van der Waals surface area contributed by atoms with E-state index in [1.54, 1.807) is 0 Å². The van der Waals surface area contributed by atoms with E-state index in [0.29, 0.717) is 5.92 Å². The SMILES string of the molecule is NC(CSc1ccccc1)C1CCOC2(CCCCC2)C1. The first kappa shape index (κ1) is 15.4. The third-order valence-electron chi connectivity index (χ3n) is 5.09. The number of hydrogen-bond acceptors (Lipinski definition) is 3. The van der Waals surface area contributed by atoms with Gasteiger partial charge in [0.15, 0.2) is 0 Å². The standard InChI is InChI=1S/C18H27NOS/c19-17(14-21-16-7-3-1-4-8-16)15-9-12-20-18(13-15)10-5-2-6-11-18/h1,3-4,7-8,15,17H,2,5-6,9-14,19H2. The van der Waals surface area contributed by atoms with Crippen LogP contribution in [0.4, 0.5) is 0 Å². The van der Waals surface area contributed by atoms with Crippen molar-refractivity contribution in [3.05, 3.63) is 30.3 Å². The highest BCUT2D eigenvalue weighted by Gasteiger charge is 2.39. The van der Waals surface area contributed by atoms with E-state index in [0.717, 1.165) is 18.8 Å². The van der Waals surface area contributed by atoms with E-state index in [4.69, 9.17) is 10.5 Å². The molecule has 2 unspecified atom stereocenters. The molecule has 2 aliphatic rings. The summed E-state index contributed by atoms with van der Waals surface area (Å²) in [5, 5.41) is 0. The molecule has 1 aliphatic heterocycles. The van der Waals surface area contributed by atoms with Crippen LogP contribution < -0.4 is 5.73 Å². The zero-order valence-corrected chi connectivity index (χ0v) is 13.6. The van der Waals surface area contributed by atoms with Crippen molar-refractivity contribution in [1.82, 2.24) is 0 Å². The van der Waals surface area contributed by atoms with E-state index in [-0.39, 0.29) is 11.6 Å². The van der Waals surface area contributed by atoms with Crippen LogP contribution in [0.15, 0.2) is 35.2 Å². The molecule has 0 aromatic heterocycles. The van der Waals surface area contributed by atoms with E-state index in [1.807, 2.05) is 11.8 Å². The molecule has 3 rings (SSSR count). The molecule has 2 atom stereocenters. The van der Waals surface area contributed by atoms with Crippen LogP contribution in [0.1, 0.15) is 44.9 Å². The van der Waals surface area contributed by atoms with Crippen molar-refractivity contribution < 1.29 is 4.74 Å². The third-order valence-corrected chi connectivity index (χ3v) is 6.24. The fourth-order valence-electron chi connectivity index (χ4n) is 3.82. The molecule has 116 valence electrons. The molecule has 3 heteroatoms. The van der Waals surface area contributed by atoms with Crippen molar-refractivity contribution in [3.8, 4) is 0 Å². The monoisotopic (exact) mass is 305 g/mol. The second-order valence-electron chi connectivity index (χ2n) is 6.63. The molecule has 2 nitrogen and oxygen atoms in total. The van der Waals surface area contributed by atoms with Gasteiger partial charge in [0.05, 0.1) is 5.60 Å². The molecule has 1 saturated heterocycles. The highest BCUT2D eigenvalue weighted by atomic mass is 32.2. The molecular formula is C18H27NOS. The predicted octanol–water partition coefficient (Wildman–Crippen LogP) is 4.24. The molecule has 1 aliphatic carbocycles. The van der Waals surface area contributed by atoms with Crippen LogP contribution in [0.5, 0.6) is 0 Å². The second kappa shape index (κ2) is 7.17. The zero-order valence-electron chi connectivity index (χ0n) is 12.8. The molecule has 2 fully saturated rings. The van der Waals surface area contributed by atoms with Crippen LogP contribution in [0, 0.1) is 5.92 Å². The van der Waals surface area contributed by atoms with Gasteiger partial charge in [-0.25, -0.2) is 0 Å². The van der Waals surface area contributed by atoms with Crippen LogP contribution >= 0.6 is 11.8 Å². The summed E-state index contributed by atoms with van der Waals surface area (Å²) in [5.74, 6) is 1.65. The number of rotatable bonds is 4. The highest BCUT2D eigenvalue weighted by Crippen LogP contribution is 2.41. The Morgan fingerprint density at radius 1 is 1.19 bits per heavy atom. The Morgan fingerprint density at radius 2 is 1.95 bits per heavy atom. The fourth-order valence-corrected chi connectivity index (χ4v) is 4.83. The zero-order chi connectivity index (χ0) is 14.5. The number of benzene rings is 1. The van der Waals surface area contributed by atoms with Crippen LogP contribution in [0.25, 0.3) is 0 Å². The Labute approximate surface area is 132 Å². The average Bonchev–Trinajstić information content (AvgIpc) is 2.54. The topological polar surface area (TPSA) is 35.2 Å². The van der Waals surface area contributed by atoms with Gasteiger partial charge in [-0.2, -0.15) is 0 Å². The minimum absolute atomic E-state index is 0.177. The molecule has 1 aromatic rings. The van der Waals surface area contributed by atoms with Crippen molar-refractivity contribution in [1.29, 1.82) is 0 Å². The van der Waals surface area contributed by atoms with Crippen LogP contribution in [-0.4, -0.2) is 24.0 Å². The first-order chi connectivity index (χ1) is 10.3. The van der Waals surface area contributed by atoms with Gasteiger partial charge in [-0.15, -0.1) is 11.8 Å². The van der Waals surface area contributed by atoms with Gasteiger partial charge in [0, 0.05) is 23.3 Å². The fraction of sp³-hybridized carbons (Fsp3) is 0.667. The van der Waals surface area contributed by atoms with Crippen molar-refractivity contribution in [2.75, 3.05) is 12.4 Å². The van der Waals surface area contributed by atoms with Gasteiger partial charge in [0.1, 0.15) is 0 Å². The molecule has 0 amide bonds. The van der Waals surface area contributed by atoms with Crippen LogP contribution in [-0.2, 0) is 4.74 Å². The number of hydrogen-bond donors (Lipinski definition) is 1. The summed E-state index contributed by atoms with van der Waals surface area (Å²) in [4.78, 5) is 1.33. The lowest BCUT2D eigenvalue weighted by Crippen LogP contribution is -2.47. The lowest BCUT2D eigenvalue weighted by atomic mass is 9.74. The van der Waals surface area contributed by atoms with E-state index in [1.165, 1.54) is 43.4 Å². The molecule has 1 aromatic carbocycles. The van der Waals surface area contributed by atoms with E-state index < -0.39 is 0 Å². The van der Waals surface area contributed by atoms with Gasteiger partial charge in [-0.05, 0) is 43.7 Å². The highest BCUT2D eigenvalue weighted by molar-refractivity contribution is 7.99. The maximum atomic E-state index is 6.51. The summed E-state index contributed by atoms with van der Waals surface area (Å²) < 4.78 is 6.19. The molecule has 1 spiro atoms. The normalized spacial score (nSPS) is 26.6. The van der Waals surface area contributed by atoms with Crippen LogP contribution in [0.2, 0.25) is 0 Å². The lowest BCUT2D eigenvalue weighted by Gasteiger charge is -2.45. The van der Waals surface area contributed by atoms with Gasteiger partial charge in [0.25, 0.3) is 0 Å². The lowest BCUT2D eigenvalue weighted by molar-refractivity contribution is -0.119. The maximum absolute atomic E-state index is 6.51. The van der Waals surface area contributed by atoms with Crippen molar-refractivity contribution in [2.45, 2.75) is 61.5 Å². The van der Waals surface area contributed by atoms with Gasteiger partial charge in [0.2, 0.25) is 0 Å². The smallest absolute Gasteiger partial charge is 0.0685 e. The predicted molar refractivity (Wildman–Crippen MR) is 89.6 cm³/mol. The average molecular weight is 305 g/mol. The third kappa shape index (κ3) is 4.02. The Hall–Kier alpha value is -0.510.